The molecule has 5 nitrogen and oxygen atoms in total. The van der Waals surface area contributed by atoms with Crippen LogP contribution in [0, 0.1) is 13.8 Å². The van der Waals surface area contributed by atoms with Gasteiger partial charge in [-0.15, -0.1) is 0 Å². The summed E-state index contributed by atoms with van der Waals surface area (Å²) >= 11 is 0. The van der Waals surface area contributed by atoms with Crippen molar-refractivity contribution in [3.63, 3.8) is 0 Å². The molecule has 0 aromatic carbocycles. The molecule has 2 aromatic heterocycles. The second-order valence-electron chi connectivity index (χ2n) is 3.79. The van der Waals surface area contributed by atoms with Gasteiger partial charge in [-0.2, -0.15) is 5.10 Å². The minimum Gasteiger partial charge on any atom is -0.376 e. The molecule has 0 aliphatic rings. The van der Waals surface area contributed by atoms with Gasteiger partial charge >= 0.3 is 0 Å². The van der Waals surface area contributed by atoms with Gasteiger partial charge in [0.15, 0.2) is 0 Å². The Morgan fingerprint density at radius 2 is 2.25 bits per heavy atom. The maximum absolute atomic E-state index is 4.46. The van der Waals surface area contributed by atoms with Gasteiger partial charge in [-0.3, -0.25) is 4.68 Å². The molecule has 0 fully saturated rings. The van der Waals surface area contributed by atoms with E-state index >= 15 is 0 Å². The van der Waals surface area contributed by atoms with Gasteiger partial charge in [-0.1, -0.05) is 0 Å². The van der Waals surface area contributed by atoms with Crippen molar-refractivity contribution in [3.05, 3.63) is 29.6 Å². The Labute approximate surface area is 94.9 Å². The van der Waals surface area contributed by atoms with E-state index < -0.39 is 0 Å². The van der Waals surface area contributed by atoms with Gasteiger partial charge in [-0.25, -0.2) is 4.98 Å². The summed E-state index contributed by atoms with van der Waals surface area (Å²) in [4.78, 5) is 7.05. The normalized spacial score (nSPS) is 10.7. The maximum Gasteiger partial charge on any atom is 0.0922 e. The molecule has 2 rings (SSSR count). The Kier molecular flexibility index (Phi) is 2.94. The SMILES string of the molecule is CCn1nc(C)c(NCc2cnc[nH]2)c1C. The van der Waals surface area contributed by atoms with E-state index in [0.717, 1.165) is 30.2 Å². The Bertz CT molecular complexity index is 455. The van der Waals surface area contributed by atoms with Gasteiger partial charge < -0.3 is 10.3 Å². The summed E-state index contributed by atoms with van der Waals surface area (Å²) in [6, 6.07) is 0. The van der Waals surface area contributed by atoms with Crippen LogP contribution in [0.4, 0.5) is 5.69 Å². The Hall–Kier alpha value is -1.78. The van der Waals surface area contributed by atoms with Crippen molar-refractivity contribution in [2.75, 3.05) is 5.32 Å². The zero-order valence-electron chi connectivity index (χ0n) is 9.91. The smallest absolute Gasteiger partial charge is 0.0922 e. The molecule has 0 radical (unpaired) electrons. The van der Waals surface area contributed by atoms with Crippen molar-refractivity contribution >= 4 is 5.69 Å². The Balaban J connectivity index is 2.12. The highest BCUT2D eigenvalue weighted by atomic mass is 15.3. The number of aromatic nitrogens is 4. The number of hydrogen-bond donors (Lipinski definition) is 2. The second kappa shape index (κ2) is 4.38. The minimum atomic E-state index is 0.747. The molecule has 0 spiro atoms. The molecule has 2 heterocycles. The minimum absolute atomic E-state index is 0.747. The van der Waals surface area contributed by atoms with E-state index in [2.05, 4.69) is 34.2 Å². The molecule has 16 heavy (non-hydrogen) atoms. The monoisotopic (exact) mass is 219 g/mol. The van der Waals surface area contributed by atoms with Crippen molar-refractivity contribution in [2.45, 2.75) is 33.9 Å². The van der Waals surface area contributed by atoms with Crippen molar-refractivity contribution in [1.82, 2.24) is 19.7 Å². The molecule has 0 atom stereocenters. The van der Waals surface area contributed by atoms with Crippen molar-refractivity contribution in [2.24, 2.45) is 0 Å². The summed E-state index contributed by atoms with van der Waals surface area (Å²) in [6.07, 6.45) is 3.51. The average Bonchev–Trinajstić information content (AvgIpc) is 2.86. The van der Waals surface area contributed by atoms with Crippen molar-refractivity contribution < 1.29 is 0 Å². The van der Waals surface area contributed by atoms with Crippen LogP contribution in [-0.4, -0.2) is 19.7 Å². The molecule has 5 heteroatoms. The van der Waals surface area contributed by atoms with E-state index in [4.69, 9.17) is 0 Å². The molecule has 0 unspecified atom stereocenters. The fourth-order valence-electron chi connectivity index (χ4n) is 1.83. The van der Waals surface area contributed by atoms with Crippen LogP contribution in [0.15, 0.2) is 12.5 Å². The van der Waals surface area contributed by atoms with Crippen LogP contribution in [0.25, 0.3) is 0 Å². The Morgan fingerprint density at radius 1 is 1.44 bits per heavy atom. The van der Waals surface area contributed by atoms with Gasteiger partial charge in [0.2, 0.25) is 0 Å². The van der Waals surface area contributed by atoms with E-state index in [1.54, 1.807) is 6.33 Å². The molecule has 2 N–H and O–H groups in total. The summed E-state index contributed by atoms with van der Waals surface area (Å²) in [5.41, 5.74) is 4.41. The molecule has 0 amide bonds. The van der Waals surface area contributed by atoms with Crippen LogP contribution in [0.3, 0.4) is 0 Å². The lowest BCUT2D eigenvalue weighted by Crippen LogP contribution is -2.03. The van der Waals surface area contributed by atoms with Crippen LogP contribution in [0.2, 0.25) is 0 Å². The van der Waals surface area contributed by atoms with Gasteiger partial charge in [0, 0.05) is 12.7 Å². The van der Waals surface area contributed by atoms with Gasteiger partial charge in [0.1, 0.15) is 0 Å². The van der Waals surface area contributed by atoms with Gasteiger partial charge in [0.25, 0.3) is 0 Å². The van der Waals surface area contributed by atoms with Gasteiger partial charge in [0.05, 0.1) is 35.6 Å². The summed E-state index contributed by atoms with van der Waals surface area (Å²) in [7, 11) is 0. The molecule has 0 aliphatic carbocycles. The van der Waals surface area contributed by atoms with Crippen LogP contribution in [0.1, 0.15) is 24.0 Å². The molecule has 0 saturated carbocycles. The van der Waals surface area contributed by atoms with Crippen LogP contribution >= 0.6 is 0 Å². The predicted molar refractivity (Wildman–Crippen MR) is 63.3 cm³/mol. The molecule has 0 bridgehead atoms. The first-order valence-electron chi connectivity index (χ1n) is 5.47. The second-order valence-corrected chi connectivity index (χ2v) is 3.79. The summed E-state index contributed by atoms with van der Waals surface area (Å²) in [6.45, 7) is 7.85. The van der Waals surface area contributed by atoms with Crippen LogP contribution in [-0.2, 0) is 13.1 Å². The fraction of sp³-hybridized carbons (Fsp3) is 0.455. The van der Waals surface area contributed by atoms with Crippen LogP contribution in [0.5, 0.6) is 0 Å². The van der Waals surface area contributed by atoms with E-state index in [1.165, 1.54) is 5.69 Å². The quantitative estimate of drug-likeness (QED) is 0.825. The molecular formula is C11H17N5. The number of hydrogen-bond acceptors (Lipinski definition) is 3. The van der Waals surface area contributed by atoms with E-state index in [1.807, 2.05) is 17.8 Å². The Morgan fingerprint density at radius 3 is 2.81 bits per heavy atom. The number of rotatable bonds is 4. The third kappa shape index (κ3) is 1.93. The predicted octanol–water partition coefficient (Wildman–Crippen LogP) is 1.86. The molecule has 2 aromatic rings. The number of aromatic amines is 1. The van der Waals surface area contributed by atoms with E-state index in [0.29, 0.717) is 0 Å². The summed E-state index contributed by atoms with van der Waals surface area (Å²) in [5, 5.41) is 7.84. The zero-order valence-corrected chi connectivity index (χ0v) is 9.91. The first kappa shape index (κ1) is 10.7. The zero-order chi connectivity index (χ0) is 11.5. The highest BCUT2D eigenvalue weighted by Crippen LogP contribution is 2.19. The van der Waals surface area contributed by atoms with E-state index in [-0.39, 0.29) is 0 Å². The highest BCUT2D eigenvalue weighted by molar-refractivity contribution is 5.52. The number of nitrogens with one attached hydrogen (secondary N) is 2. The average molecular weight is 219 g/mol. The van der Waals surface area contributed by atoms with Crippen molar-refractivity contribution in [3.8, 4) is 0 Å². The largest absolute Gasteiger partial charge is 0.376 e. The number of H-pyrrole nitrogens is 1. The molecular weight excluding hydrogens is 202 g/mol. The third-order valence-electron chi connectivity index (χ3n) is 2.69. The third-order valence-corrected chi connectivity index (χ3v) is 2.69. The highest BCUT2D eigenvalue weighted by Gasteiger charge is 2.09. The summed E-state index contributed by atoms with van der Waals surface area (Å²) in [5.74, 6) is 0. The topological polar surface area (TPSA) is 58.5 Å². The van der Waals surface area contributed by atoms with E-state index in [9.17, 15) is 0 Å². The number of aryl methyl sites for hydroxylation is 2. The standard InChI is InChI=1S/C11H17N5/c1-4-16-9(3)11(8(2)15-16)13-6-10-5-12-7-14-10/h5,7,13H,4,6H2,1-3H3,(H,12,14). The first-order chi connectivity index (χ1) is 7.72. The summed E-state index contributed by atoms with van der Waals surface area (Å²) < 4.78 is 2.00. The number of imidazole rings is 1. The van der Waals surface area contributed by atoms with Gasteiger partial charge in [-0.05, 0) is 20.8 Å². The number of nitrogens with zero attached hydrogens (tertiary/aromatic N) is 3. The lowest BCUT2D eigenvalue weighted by atomic mass is 10.3. The van der Waals surface area contributed by atoms with Crippen molar-refractivity contribution in [1.29, 1.82) is 0 Å². The molecule has 0 saturated heterocycles. The maximum atomic E-state index is 4.46. The molecule has 86 valence electrons. The number of anilines is 1. The lowest BCUT2D eigenvalue weighted by Gasteiger charge is -2.05. The first-order valence-corrected chi connectivity index (χ1v) is 5.47. The lowest BCUT2D eigenvalue weighted by molar-refractivity contribution is 0.634. The fourth-order valence-corrected chi connectivity index (χ4v) is 1.83. The molecule has 0 aliphatic heterocycles. The van der Waals surface area contributed by atoms with Crippen LogP contribution < -0.4 is 5.32 Å².